The normalized spacial score (nSPS) is 16.6. The maximum atomic E-state index is 3.69. The summed E-state index contributed by atoms with van der Waals surface area (Å²) in [5.74, 6) is 2.21. The number of hydrogen-bond acceptors (Lipinski definition) is 1. The molecule has 0 spiro atoms. The van der Waals surface area contributed by atoms with E-state index in [0.717, 1.165) is 35.8 Å². The molecule has 0 nitrogen and oxygen atoms in total. The van der Waals surface area contributed by atoms with Gasteiger partial charge in [0.1, 0.15) is 0 Å². The summed E-state index contributed by atoms with van der Waals surface area (Å²) in [7, 11) is 0. The van der Waals surface area contributed by atoms with Crippen LogP contribution in [0.3, 0.4) is 0 Å². The van der Waals surface area contributed by atoms with Crippen molar-refractivity contribution in [3.05, 3.63) is 36.8 Å². The van der Waals surface area contributed by atoms with E-state index in [-0.39, 0.29) is 0 Å². The summed E-state index contributed by atoms with van der Waals surface area (Å²) >= 11 is 1.96. The van der Waals surface area contributed by atoms with Gasteiger partial charge in [-0.15, -0.1) is 11.5 Å². The molecule has 0 aromatic rings. The minimum Gasteiger partial charge on any atom is -0.162 e. The Balaban J connectivity index is 4.52. The average molecular weight is 279 g/mol. The summed E-state index contributed by atoms with van der Waals surface area (Å²) in [6.45, 7) is 14.4. The fraction of sp³-hybridized carbons (Fsp3) is 0.667. The third-order valence-corrected chi connectivity index (χ3v) is 5.15. The molecular weight excluding hydrogens is 248 g/mol. The predicted molar refractivity (Wildman–Crippen MR) is 90.7 cm³/mol. The molecule has 0 aliphatic heterocycles. The predicted octanol–water partition coefficient (Wildman–Crippen LogP) is 5.87. The molecule has 0 aromatic heterocycles. The lowest BCUT2D eigenvalue weighted by atomic mass is 9.78. The second-order valence-corrected chi connectivity index (χ2v) is 6.78. The Bertz CT molecular complexity index is 319. The summed E-state index contributed by atoms with van der Waals surface area (Å²) in [6, 6.07) is 0. The van der Waals surface area contributed by atoms with Crippen molar-refractivity contribution in [2.24, 2.45) is 17.8 Å². The lowest BCUT2D eigenvalue weighted by Crippen LogP contribution is -2.21. The Morgan fingerprint density at radius 2 is 1.74 bits per heavy atom. The first-order valence-electron chi connectivity index (χ1n) is 7.28. The van der Waals surface area contributed by atoms with Gasteiger partial charge in [-0.05, 0) is 61.8 Å². The fourth-order valence-electron chi connectivity index (χ4n) is 2.46. The van der Waals surface area contributed by atoms with Gasteiger partial charge in [-0.3, -0.25) is 0 Å². The molecule has 0 saturated heterocycles. The molecule has 0 N–H and O–H groups in total. The second-order valence-electron chi connectivity index (χ2n) is 5.51. The Morgan fingerprint density at radius 3 is 2.26 bits per heavy atom. The van der Waals surface area contributed by atoms with E-state index in [4.69, 9.17) is 0 Å². The monoisotopic (exact) mass is 278 g/mol. The fourth-order valence-corrected chi connectivity index (χ4v) is 2.90. The van der Waals surface area contributed by atoms with Crippen LogP contribution in [0.1, 0.15) is 46.5 Å². The molecule has 0 saturated carbocycles. The zero-order valence-electron chi connectivity index (χ0n) is 13.1. The van der Waals surface area contributed by atoms with Crippen molar-refractivity contribution in [2.75, 3.05) is 6.26 Å². The molecule has 0 bridgehead atoms. The molecule has 19 heavy (non-hydrogen) atoms. The summed E-state index contributed by atoms with van der Waals surface area (Å²) in [4.78, 5) is 0. The van der Waals surface area contributed by atoms with E-state index in [1.54, 1.807) is 0 Å². The van der Waals surface area contributed by atoms with Gasteiger partial charge < -0.3 is 0 Å². The first-order valence-corrected chi connectivity index (χ1v) is 8.56. The van der Waals surface area contributed by atoms with Crippen molar-refractivity contribution in [3.63, 3.8) is 0 Å². The Hall–Kier alpha value is -0.610. The maximum Gasteiger partial charge on any atom is 0.00187 e. The van der Waals surface area contributed by atoms with Crippen LogP contribution >= 0.6 is 11.8 Å². The second kappa shape index (κ2) is 11.2. The summed E-state index contributed by atoms with van der Waals surface area (Å²) < 4.78 is 0. The van der Waals surface area contributed by atoms with Crippen molar-refractivity contribution in [2.45, 2.75) is 51.7 Å². The van der Waals surface area contributed by atoms with Gasteiger partial charge in [0, 0.05) is 5.25 Å². The Kier molecular flexibility index (Phi) is 10.9. The number of hydrogen-bond donors (Lipinski definition) is 0. The van der Waals surface area contributed by atoms with Crippen LogP contribution in [0.4, 0.5) is 0 Å². The zero-order valence-corrected chi connectivity index (χ0v) is 13.9. The highest BCUT2D eigenvalue weighted by molar-refractivity contribution is 7.99. The SMILES string of the molecule is C=C=CCCC(C)C(C)C(CC=C=C)CC(C)SC. The molecule has 0 aliphatic carbocycles. The van der Waals surface area contributed by atoms with E-state index in [1.807, 2.05) is 17.8 Å². The van der Waals surface area contributed by atoms with Crippen molar-refractivity contribution >= 4 is 11.8 Å². The molecule has 0 rings (SSSR count). The van der Waals surface area contributed by atoms with Crippen molar-refractivity contribution in [3.8, 4) is 0 Å². The van der Waals surface area contributed by atoms with Crippen LogP contribution in [0, 0.1) is 17.8 Å². The first kappa shape index (κ1) is 18.4. The number of allylic oxidation sites excluding steroid dienone is 2. The minimum atomic E-state index is 0.728. The lowest BCUT2D eigenvalue weighted by Gasteiger charge is -2.29. The standard InChI is InChI=1S/C18H30S/c1-7-9-11-12-15(3)17(5)18(13-10-8-2)14-16(4)19-6/h9-10,15-18H,1-2,11-14H2,3-6H3. The molecule has 108 valence electrons. The molecule has 4 atom stereocenters. The Morgan fingerprint density at radius 1 is 1.11 bits per heavy atom. The molecular formula is C18H30S. The van der Waals surface area contributed by atoms with Crippen LogP contribution in [-0.4, -0.2) is 11.5 Å². The van der Waals surface area contributed by atoms with Gasteiger partial charge in [-0.2, -0.15) is 11.8 Å². The molecule has 0 radical (unpaired) electrons. The van der Waals surface area contributed by atoms with Gasteiger partial charge in [0.25, 0.3) is 0 Å². The van der Waals surface area contributed by atoms with Crippen LogP contribution in [-0.2, 0) is 0 Å². The molecule has 0 aromatic carbocycles. The molecule has 0 aliphatic rings. The van der Waals surface area contributed by atoms with Crippen LogP contribution < -0.4 is 0 Å². The smallest absolute Gasteiger partial charge is 0.00187 e. The third-order valence-electron chi connectivity index (χ3n) is 4.15. The van der Waals surface area contributed by atoms with E-state index in [9.17, 15) is 0 Å². The van der Waals surface area contributed by atoms with E-state index >= 15 is 0 Å². The topological polar surface area (TPSA) is 0 Å². The maximum absolute atomic E-state index is 3.69. The zero-order chi connectivity index (χ0) is 14.7. The van der Waals surface area contributed by atoms with Crippen molar-refractivity contribution < 1.29 is 0 Å². The highest BCUT2D eigenvalue weighted by Crippen LogP contribution is 2.32. The molecule has 0 fully saturated rings. The van der Waals surface area contributed by atoms with Crippen molar-refractivity contribution in [1.82, 2.24) is 0 Å². The van der Waals surface area contributed by atoms with Crippen LogP contribution in [0.25, 0.3) is 0 Å². The van der Waals surface area contributed by atoms with E-state index in [1.165, 1.54) is 12.8 Å². The van der Waals surface area contributed by atoms with Gasteiger partial charge in [0.15, 0.2) is 0 Å². The summed E-state index contributed by atoms with van der Waals surface area (Å²) in [5.41, 5.74) is 5.79. The molecule has 0 amide bonds. The van der Waals surface area contributed by atoms with Crippen molar-refractivity contribution in [1.29, 1.82) is 0 Å². The van der Waals surface area contributed by atoms with E-state index in [0.29, 0.717) is 0 Å². The number of rotatable bonds is 10. The lowest BCUT2D eigenvalue weighted by molar-refractivity contribution is 0.240. The van der Waals surface area contributed by atoms with Crippen LogP contribution in [0.5, 0.6) is 0 Å². The van der Waals surface area contributed by atoms with E-state index < -0.39 is 0 Å². The van der Waals surface area contributed by atoms with Gasteiger partial charge in [-0.25, -0.2) is 0 Å². The highest BCUT2D eigenvalue weighted by Gasteiger charge is 2.23. The van der Waals surface area contributed by atoms with E-state index in [2.05, 4.69) is 57.7 Å². The quantitative estimate of drug-likeness (QED) is 0.450. The highest BCUT2D eigenvalue weighted by atomic mass is 32.2. The van der Waals surface area contributed by atoms with Gasteiger partial charge in [0.2, 0.25) is 0 Å². The van der Waals surface area contributed by atoms with Gasteiger partial charge in [-0.1, -0.05) is 33.9 Å². The first-order chi connectivity index (χ1) is 9.06. The number of thioether (sulfide) groups is 1. The average Bonchev–Trinajstić information content (AvgIpc) is 2.42. The van der Waals surface area contributed by atoms with Gasteiger partial charge in [0.05, 0.1) is 0 Å². The Labute approximate surface area is 124 Å². The van der Waals surface area contributed by atoms with Crippen LogP contribution in [0.2, 0.25) is 0 Å². The summed E-state index contributed by atoms with van der Waals surface area (Å²) in [5, 5.41) is 0.728. The molecule has 4 unspecified atom stereocenters. The minimum absolute atomic E-state index is 0.728. The van der Waals surface area contributed by atoms with Crippen LogP contribution in [0.15, 0.2) is 36.8 Å². The summed E-state index contributed by atoms with van der Waals surface area (Å²) in [6.07, 6.45) is 11.1. The largest absolute Gasteiger partial charge is 0.162 e. The third kappa shape index (κ3) is 8.22. The molecule has 1 heteroatoms. The van der Waals surface area contributed by atoms with Gasteiger partial charge >= 0.3 is 0 Å². The molecule has 0 heterocycles.